The third-order valence-corrected chi connectivity index (χ3v) is 5.37. The number of methoxy groups -OCH3 is 2. The van der Waals surface area contributed by atoms with Crippen molar-refractivity contribution in [3.05, 3.63) is 54.4 Å². The van der Waals surface area contributed by atoms with Crippen LogP contribution in [0.4, 0.5) is 0 Å². The molecular formula is C21H19N3O4S. The molecule has 0 spiro atoms. The average Bonchev–Trinajstić information content (AvgIpc) is 3.15. The Morgan fingerprint density at radius 3 is 2.76 bits per heavy atom. The van der Waals surface area contributed by atoms with Crippen LogP contribution in [0.3, 0.4) is 0 Å². The molecule has 0 saturated carbocycles. The second-order valence-corrected chi connectivity index (χ2v) is 7.17. The van der Waals surface area contributed by atoms with E-state index >= 15 is 0 Å². The Morgan fingerprint density at radius 2 is 1.93 bits per heavy atom. The highest BCUT2D eigenvalue weighted by atomic mass is 32.2. The normalized spacial score (nSPS) is 11.0. The van der Waals surface area contributed by atoms with Crippen LogP contribution in [-0.4, -0.2) is 35.8 Å². The van der Waals surface area contributed by atoms with Gasteiger partial charge in [0, 0.05) is 11.9 Å². The first-order valence-electron chi connectivity index (χ1n) is 8.92. The Kier molecular flexibility index (Phi) is 5.53. The lowest BCUT2D eigenvalue weighted by molar-refractivity contribution is -0.118. The van der Waals surface area contributed by atoms with E-state index in [9.17, 15) is 4.79 Å². The maximum Gasteiger partial charge on any atom is 0.230 e. The van der Waals surface area contributed by atoms with E-state index in [1.165, 1.54) is 18.1 Å². The molecule has 1 amide bonds. The van der Waals surface area contributed by atoms with Crippen molar-refractivity contribution in [3.63, 3.8) is 0 Å². The fraction of sp³-hybridized carbons (Fsp3) is 0.190. The minimum atomic E-state index is -0.104. The van der Waals surface area contributed by atoms with Gasteiger partial charge in [-0.25, -0.2) is 9.97 Å². The first kappa shape index (κ1) is 19.1. The van der Waals surface area contributed by atoms with Gasteiger partial charge >= 0.3 is 0 Å². The highest BCUT2D eigenvalue weighted by Gasteiger charge is 2.14. The van der Waals surface area contributed by atoms with E-state index in [1.54, 1.807) is 14.2 Å². The maximum absolute atomic E-state index is 12.3. The van der Waals surface area contributed by atoms with Gasteiger partial charge in [-0.15, -0.1) is 0 Å². The number of hydrogen-bond donors (Lipinski definition) is 1. The Hall–Kier alpha value is -3.26. The largest absolute Gasteiger partial charge is 0.493 e. The van der Waals surface area contributed by atoms with Crippen LogP contribution in [-0.2, 0) is 11.3 Å². The topological polar surface area (TPSA) is 86.5 Å². The van der Waals surface area contributed by atoms with Gasteiger partial charge in [0.25, 0.3) is 0 Å². The van der Waals surface area contributed by atoms with Crippen LogP contribution in [0.25, 0.3) is 22.1 Å². The fourth-order valence-electron chi connectivity index (χ4n) is 2.98. The summed E-state index contributed by atoms with van der Waals surface area (Å²) in [6.07, 6.45) is 1.49. The van der Waals surface area contributed by atoms with E-state index in [4.69, 9.17) is 13.9 Å². The molecule has 29 heavy (non-hydrogen) atoms. The first-order valence-corrected chi connectivity index (χ1v) is 9.91. The molecule has 0 fully saturated rings. The molecule has 0 aliphatic rings. The van der Waals surface area contributed by atoms with Gasteiger partial charge in [-0.05, 0) is 29.8 Å². The smallest absolute Gasteiger partial charge is 0.230 e. The molecule has 0 bridgehead atoms. The molecule has 4 rings (SSSR count). The van der Waals surface area contributed by atoms with Gasteiger partial charge in [-0.1, -0.05) is 30.0 Å². The number of nitrogens with zero attached hydrogens (tertiary/aromatic N) is 2. The summed E-state index contributed by atoms with van der Waals surface area (Å²) in [6, 6.07) is 13.2. The second-order valence-electron chi connectivity index (χ2n) is 6.21. The van der Waals surface area contributed by atoms with Crippen LogP contribution >= 0.6 is 11.8 Å². The predicted octanol–water partition coefficient (Wildman–Crippen LogP) is 3.80. The third-order valence-electron chi connectivity index (χ3n) is 4.40. The SMILES string of the molecule is COc1ccc(CNC(=O)CSc2ncnc3c2oc2ccccc23)cc1OC. The van der Waals surface area contributed by atoms with Gasteiger partial charge in [0.15, 0.2) is 17.1 Å². The van der Waals surface area contributed by atoms with E-state index in [1.807, 2.05) is 42.5 Å². The summed E-state index contributed by atoms with van der Waals surface area (Å²) in [5, 5.41) is 4.48. The minimum absolute atomic E-state index is 0.104. The van der Waals surface area contributed by atoms with Crippen LogP contribution < -0.4 is 14.8 Å². The number of carbonyl (C=O) groups is 1. The number of fused-ring (bicyclic) bond motifs is 3. The minimum Gasteiger partial charge on any atom is -0.493 e. The average molecular weight is 409 g/mol. The molecule has 7 nitrogen and oxygen atoms in total. The van der Waals surface area contributed by atoms with Crippen molar-refractivity contribution in [1.82, 2.24) is 15.3 Å². The van der Waals surface area contributed by atoms with Crippen LogP contribution in [0.5, 0.6) is 11.5 Å². The fourth-order valence-corrected chi connectivity index (χ4v) is 3.74. The van der Waals surface area contributed by atoms with Crippen molar-refractivity contribution in [2.75, 3.05) is 20.0 Å². The molecule has 0 saturated heterocycles. The second kappa shape index (κ2) is 8.40. The summed E-state index contributed by atoms with van der Waals surface area (Å²) in [7, 11) is 3.17. The highest BCUT2D eigenvalue weighted by Crippen LogP contribution is 2.32. The van der Waals surface area contributed by atoms with Gasteiger partial charge in [-0.3, -0.25) is 4.79 Å². The molecule has 8 heteroatoms. The summed E-state index contributed by atoms with van der Waals surface area (Å²) in [5.74, 6) is 1.39. The number of ether oxygens (including phenoxy) is 2. The number of aromatic nitrogens is 2. The van der Waals surface area contributed by atoms with E-state index in [0.29, 0.717) is 28.7 Å². The maximum atomic E-state index is 12.3. The van der Waals surface area contributed by atoms with Crippen LogP contribution in [0.2, 0.25) is 0 Å². The number of thioether (sulfide) groups is 1. The van der Waals surface area contributed by atoms with E-state index in [2.05, 4.69) is 15.3 Å². The Bertz CT molecular complexity index is 1180. The lowest BCUT2D eigenvalue weighted by Gasteiger charge is -2.10. The molecule has 4 aromatic rings. The van der Waals surface area contributed by atoms with Gasteiger partial charge in [0.1, 0.15) is 22.5 Å². The Morgan fingerprint density at radius 1 is 1.10 bits per heavy atom. The molecule has 2 heterocycles. The summed E-state index contributed by atoms with van der Waals surface area (Å²) in [4.78, 5) is 20.9. The Labute approximate surface area is 171 Å². The number of rotatable bonds is 7. The van der Waals surface area contributed by atoms with Crippen LogP contribution in [0, 0.1) is 0 Å². The first-order chi connectivity index (χ1) is 14.2. The lowest BCUT2D eigenvalue weighted by atomic mass is 10.2. The summed E-state index contributed by atoms with van der Waals surface area (Å²) in [5.41, 5.74) is 3.03. The molecule has 1 N–H and O–H groups in total. The van der Waals surface area contributed by atoms with Crippen molar-refractivity contribution in [2.45, 2.75) is 11.6 Å². The molecule has 0 unspecified atom stereocenters. The Balaban J connectivity index is 1.41. The summed E-state index contributed by atoms with van der Waals surface area (Å²) >= 11 is 1.32. The van der Waals surface area contributed by atoms with E-state index in [-0.39, 0.29) is 11.7 Å². The molecule has 0 radical (unpaired) electrons. The monoisotopic (exact) mass is 409 g/mol. The molecule has 2 aromatic heterocycles. The predicted molar refractivity (Wildman–Crippen MR) is 111 cm³/mol. The zero-order valence-corrected chi connectivity index (χ0v) is 16.8. The van der Waals surface area contributed by atoms with Gasteiger partial charge in [0.2, 0.25) is 5.91 Å². The van der Waals surface area contributed by atoms with Gasteiger partial charge in [0.05, 0.1) is 20.0 Å². The third kappa shape index (κ3) is 3.97. The zero-order valence-electron chi connectivity index (χ0n) is 16.0. The van der Waals surface area contributed by atoms with Gasteiger partial charge in [-0.2, -0.15) is 0 Å². The summed E-state index contributed by atoms with van der Waals surface area (Å²) in [6.45, 7) is 0.392. The molecule has 2 aromatic carbocycles. The number of nitrogens with one attached hydrogen (secondary N) is 1. The highest BCUT2D eigenvalue weighted by molar-refractivity contribution is 8.00. The van der Waals surface area contributed by atoms with Crippen molar-refractivity contribution in [1.29, 1.82) is 0 Å². The number of para-hydroxylation sites is 1. The number of hydrogen-bond acceptors (Lipinski definition) is 7. The lowest BCUT2D eigenvalue weighted by Crippen LogP contribution is -2.24. The number of benzene rings is 2. The molecule has 0 aliphatic carbocycles. The summed E-state index contributed by atoms with van der Waals surface area (Å²) < 4.78 is 16.4. The molecule has 148 valence electrons. The molecular weight excluding hydrogens is 390 g/mol. The van der Waals surface area contributed by atoms with Crippen molar-refractivity contribution >= 4 is 39.7 Å². The van der Waals surface area contributed by atoms with E-state index < -0.39 is 0 Å². The number of furan rings is 1. The van der Waals surface area contributed by atoms with Crippen LogP contribution in [0.15, 0.2) is 58.2 Å². The number of amides is 1. The molecule has 0 aliphatic heterocycles. The van der Waals surface area contributed by atoms with Crippen molar-refractivity contribution < 1.29 is 18.7 Å². The van der Waals surface area contributed by atoms with Crippen molar-refractivity contribution in [3.8, 4) is 11.5 Å². The van der Waals surface area contributed by atoms with E-state index in [0.717, 1.165) is 22.0 Å². The standard InChI is InChI=1S/C21H19N3O4S/c1-26-16-8-7-13(9-17(16)27-2)10-22-18(25)11-29-21-20-19(23-12-24-21)14-5-3-4-6-15(14)28-20/h3-9,12H,10-11H2,1-2H3,(H,22,25). The number of carbonyl (C=O) groups excluding carboxylic acids is 1. The quantitative estimate of drug-likeness (QED) is 0.367. The zero-order chi connectivity index (χ0) is 20.2. The molecule has 0 atom stereocenters. The van der Waals surface area contributed by atoms with Crippen molar-refractivity contribution in [2.24, 2.45) is 0 Å². The van der Waals surface area contributed by atoms with Gasteiger partial charge < -0.3 is 19.2 Å². The van der Waals surface area contributed by atoms with Crippen LogP contribution in [0.1, 0.15) is 5.56 Å².